The Labute approximate surface area is 141 Å². The molecule has 1 N–H and O–H groups in total. The third kappa shape index (κ3) is 5.96. The molecule has 1 heterocycles. The van der Waals surface area contributed by atoms with Crippen molar-refractivity contribution >= 4 is 6.09 Å². The number of carbonyl (C=O) groups excluding carboxylic acids is 1. The second-order valence-electron chi connectivity index (χ2n) is 8.03. The van der Waals surface area contributed by atoms with E-state index in [1.807, 2.05) is 11.8 Å². The molecular formula is C18H35N3O2. The summed E-state index contributed by atoms with van der Waals surface area (Å²) in [7, 11) is 0. The first-order valence-corrected chi connectivity index (χ1v) is 9.30. The van der Waals surface area contributed by atoms with Crippen LogP contribution in [0.5, 0.6) is 0 Å². The van der Waals surface area contributed by atoms with E-state index in [1.54, 1.807) is 0 Å². The molecule has 0 atom stereocenters. The zero-order valence-electron chi connectivity index (χ0n) is 15.4. The molecule has 2 aliphatic rings. The molecule has 23 heavy (non-hydrogen) atoms. The Kier molecular flexibility index (Phi) is 6.72. The summed E-state index contributed by atoms with van der Waals surface area (Å²) in [5.74, 6) is 0.825. The first-order valence-electron chi connectivity index (χ1n) is 9.30. The molecule has 1 aliphatic carbocycles. The minimum atomic E-state index is -0.149. The molecule has 2 rings (SSSR count). The van der Waals surface area contributed by atoms with Crippen molar-refractivity contribution in [3.8, 4) is 0 Å². The second kappa shape index (κ2) is 8.34. The molecular weight excluding hydrogens is 290 g/mol. The molecule has 0 radical (unpaired) electrons. The molecule has 0 aromatic heterocycles. The summed E-state index contributed by atoms with van der Waals surface area (Å²) in [6, 6.07) is 0.713. The van der Waals surface area contributed by atoms with Crippen LogP contribution in [-0.2, 0) is 4.74 Å². The highest BCUT2D eigenvalue weighted by atomic mass is 16.6. The van der Waals surface area contributed by atoms with E-state index in [0.717, 1.165) is 38.6 Å². The molecule has 5 nitrogen and oxygen atoms in total. The van der Waals surface area contributed by atoms with Crippen LogP contribution >= 0.6 is 0 Å². The number of hydrogen-bond acceptors (Lipinski definition) is 4. The van der Waals surface area contributed by atoms with Gasteiger partial charge in [-0.1, -0.05) is 0 Å². The van der Waals surface area contributed by atoms with Crippen molar-refractivity contribution in [2.45, 2.75) is 65.0 Å². The molecule has 0 spiro atoms. The Morgan fingerprint density at radius 3 is 2.22 bits per heavy atom. The lowest BCUT2D eigenvalue weighted by Crippen LogP contribution is -2.53. The monoisotopic (exact) mass is 325 g/mol. The number of amides is 1. The Bertz CT molecular complexity index is 365. The van der Waals surface area contributed by atoms with Gasteiger partial charge in [-0.05, 0) is 65.8 Å². The quantitative estimate of drug-likeness (QED) is 0.863. The second-order valence-corrected chi connectivity index (χ2v) is 8.03. The van der Waals surface area contributed by atoms with Gasteiger partial charge in [-0.15, -0.1) is 0 Å². The molecule has 0 bridgehead atoms. The Balaban J connectivity index is 1.67. The maximum Gasteiger partial charge on any atom is 0.409 e. The van der Waals surface area contributed by atoms with Gasteiger partial charge in [-0.2, -0.15) is 0 Å². The van der Waals surface area contributed by atoms with Crippen molar-refractivity contribution in [2.75, 3.05) is 39.3 Å². The number of piperazine rings is 1. The highest BCUT2D eigenvalue weighted by molar-refractivity contribution is 5.67. The van der Waals surface area contributed by atoms with Gasteiger partial charge in [0.25, 0.3) is 0 Å². The first kappa shape index (κ1) is 18.5. The Hall–Kier alpha value is -0.810. The van der Waals surface area contributed by atoms with Gasteiger partial charge in [0.05, 0.1) is 6.61 Å². The van der Waals surface area contributed by atoms with Crippen molar-refractivity contribution in [2.24, 2.45) is 5.92 Å². The van der Waals surface area contributed by atoms with Crippen molar-refractivity contribution in [3.05, 3.63) is 0 Å². The fraction of sp³-hybridized carbons (Fsp3) is 0.944. The third-order valence-corrected chi connectivity index (χ3v) is 5.09. The van der Waals surface area contributed by atoms with Crippen LogP contribution in [0.1, 0.15) is 53.4 Å². The van der Waals surface area contributed by atoms with Gasteiger partial charge >= 0.3 is 6.09 Å². The van der Waals surface area contributed by atoms with Gasteiger partial charge in [0.1, 0.15) is 0 Å². The van der Waals surface area contributed by atoms with E-state index >= 15 is 0 Å². The van der Waals surface area contributed by atoms with E-state index in [1.165, 1.54) is 25.7 Å². The summed E-state index contributed by atoms with van der Waals surface area (Å²) < 4.78 is 5.09. The molecule has 1 aliphatic heterocycles. The number of hydrogen-bond donors (Lipinski definition) is 1. The van der Waals surface area contributed by atoms with Crippen LogP contribution in [0.15, 0.2) is 0 Å². The van der Waals surface area contributed by atoms with Gasteiger partial charge in [0.2, 0.25) is 0 Å². The SMILES string of the molecule is CCOC(=O)N1CCN([C@H]2CC[C@H](CNC(C)(C)C)CC2)CC1. The van der Waals surface area contributed by atoms with Gasteiger partial charge in [0, 0.05) is 37.8 Å². The number of carbonyl (C=O) groups is 1. The van der Waals surface area contributed by atoms with Gasteiger partial charge in [0.15, 0.2) is 0 Å². The van der Waals surface area contributed by atoms with Crippen molar-refractivity contribution in [1.29, 1.82) is 0 Å². The fourth-order valence-corrected chi connectivity index (χ4v) is 3.65. The summed E-state index contributed by atoms with van der Waals surface area (Å²) in [5, 5.41) is 3.64. The lowest BCUT2D eigenvalue weighted by molar-refractivity contribution is 0.0534. The zero-order chi connectivity index (χ0) is 16.9. The van der Waals surface area contributed by atoms with Crippen LogP contribution in [0.25, 0.3) is 0 Å². The molecule has 0 unspecified atom stereocenters. The van der Waals surface area contributed by atoms with Crippen LogP contribution in [0.3, 0.4) is 0 Å². The molecule has 0 aromatic carbocycles. The molecule has 1 saturated heterocycles. The van der Waals surface area contributed by atoms with E-state index in [4.69, 9.17) is 4.74 Å². The maximum absolute atomic E-state index is 11.8. The number of rotatable bonds is 4. The van der Waals surface area contributed by atoms with E-state index in [9.17, 15) is 4.79 Å². The first-order chi connectivity index (χ1) is 10.9. The minimum absolute atomic E-state index is 0.149. The molecule has 0 aromatic rings. The van der Waals surface area contributed by atoms with Crippen LogP contribution < -0.4 is 5.32 Å². The van der Waals surface area contributed by atoms with E-state index in [2.05, 4.69) is 31.0 Å². The standard InChI is InChI=1S/C18H35N3O2/c1-5-23-17(22)21-12-10-20(11-13-21)16-8-6-15(7-9-16)14-19-18(2,3)4/h15-16,19H,5-14H2,1-4H3/t15-,16-. The highest BCUT2D eigenvalue weighted by Gasteiger charge is 2.30. The largest absolute Gasteiger partial charge is 0.450 e. The fourth-order valence-electron chi connectivity index (χ4n) is 3.65. The molecule has 5 heteroatoms. The molecule has 2 fully saturated rings. The average Bonchev–Trinajstić information content (AvgIpc) is 2.53. The number of ether oxygens (including phenoxy) is 1. The number of nitrogens with zero attached hydrogens (tertiary/aromatic N) is 2. The summed E-state index contributed by atoms with van der Waals surface area (Å²) in [4.78, 5) is 16.2. The molecule has 1 saturated carbocycles. The van der Waals surface area contributed by atoms with Gasteiger partial charge in [-0.25, -0.2) is 4.79 Å². The van der Waals surface area contributed by atoms with E-state index in [0.29, 0.717) is 12.6 Å². The highest BCUT2D eigenvalue weighted by Crippen LogP contribution is 2.28. The normalized spacial score (nSPS) is 27.0. The lowest BCUT2D eigenvalue weighted by Gasteiger charge is -2.42. The van der Waals surface area contributed by atoms with E-state index < -0.39 is 0 Å². The summed E-state index contributed by atoms with van der Waals surface area (Å²) >= 11 is 0. The van der Waals surface area contributed by atoms with Crippen molar-refractivity contribution < 1.29 is 9.53 Å². The topological polar surface area (TPSA) is 44.8 Å². The van der Waals surface area contributed by atoms with Gasteiger partial charge < -0.3 is 15.0 Å². The van der Waals surface area contributed by atoms with Crippen LogP contribution in [0.2, 0.25) is 0 Å². The summed E-state index contributed by atoms with van der Waals surface area (Å²) in [5.41, 5.74) is 0.222. The lowest BCUT2D eigenvalue weighted by atomic mass is 9.84. The smallest absolute Gasteiger partial charge is 0.409 e. The predicted octanol–water partition coefficient (Wildman–Crippen LogP) is 2.71. The molecule has 134 valence electrons. The Morgan fingerprint density at radius 2 is 1.70 bits per heavy atom. The minimum Gasteiger partial charge on any atom is -0.450 e. The average molecular weight is 325 g/mol. The van der Waals surface area contributed by atoms with Crippen LogP contribution in [0, 0.1) is 5.92 Å². The summed E-state index contributed by atoms with van der Waals surface area (Å²) in [6.07, 6.45) is 5.10. The van der Waals surface area contributed by atoms with Crippen LogP contribution in [-0.4, -0.2) is 66.8 Å². The third-order valence-electron chi connectivity index (χ3n) is 5.09. The molecule has 1 amide bonds. The van der Waals surface area contributed by atoms with Crippen LogP contribution in [0.4, 0.5) is 4.79 Å². The van der Waals surface area contributed by atoms with Gasteiger partial charge in [-0.3, -0.25) is 4.90 Å². The predicted molar refractivity (Wildman–Crippen MR) is 93.7 cm³/mol. The zero-order valence-corrected chi connectivity index (χ0v) is 15.4. The maximum atomic E-state index is 11.8. The van der Waals surface area contributed by atoms with Crippen molar-refractivity contribution in [1.82, 2.24) is 15.1 Å². The van der Waals surface area contributed by atoms with E-state index in [-0.39, 0.29) is 11.6 Å². The number of nitrogens with one attached hydrogen (secondary N) is 1. The Morgan fingerprint density at radius 1 is 1.09 bits per heavy atom. The summed E-state index contributed by atoms with van der Waals surface area (Å²) in [6.45, 7) is 13.8. The van der Waals surface area contributed by atoms with Crippen molar-refractivity contribution in [3.63, 3.8) is 0 Å².